The van der Waals surface area contributed by atoms with Gasteiger partial charge in [0.25, 0.3) is 15.9 Å². The van der Waals surface area contributed by atoms with Crippen LogP contribution >= 0.6 is 11.8 Å². The molecule has 30 heavy (non-hydrogen) atoms. The summed E-state index contributed by atoms with van der Waals surface area (Å²) in [6.45, 7) is 0.0999. The van der Waals surface area contributed by atoms with Crippen LogP contribution in [0.3, 0.4) is 0 Å². The van der Waals surface area contributed by atoms with Crippen LogP contribution in [-0.4, -0.2) is 27.4 Å². The molecule has 0 atom stereocenters. The molecule has 0 saturated heterocycles. The summed E-state index contributed by atoms with van der Waals surface area (Å²) in [5.74, 6) is 0.630. The number of benzene rings is 3. The molecule has 2 N–H and O–H groups in total. The molecule has 9 heteroatoms. The zero-order valence-corrected chi connectivity index (χ0v) is 17.5. The number of hydrogen-bond acceptors (Lipinski definition) is 6. The van der Waals surface area contributed by atoms with E-state index in [0.717, 1.165) is 4.90 Å². The van der Waals surface area contributed by atoms with Crippen molar-refractivity contribution in [3.8, 4) is 11.5 Å². The van der Waals surface area contributed by atoms with Crippen LogP contribution in [0.15, 0.2) is 76.5 Å². The lowest BCUT2D eigenvalue weighted by Crippen LogP contribution is -2.16. The lowest BCUT2D eigenvalue weighted by molar-refractivity contribution is 0.102. The summed E-state index contributed by atoms with van der Waals surface area (Å²) in [7, 11) is -3.90. The Morgan fingerprint density at radius 1 is 0.933 bits per heavy atom. The first-order chi connectivity index (χ1) is 14.4. The summed E-state index contributed by atoms with van der Waals surface area (Å²) in [6.07, 6.45) is 1.97. The van der Waals surface area contributed by atoms with Gasteiger partial charge in [0.1, 0.15) is 0 Å². The second-order valence-electron chi connectivity index (χ2n) is 6.38. The van der Waals surface area contributed by atoms with Crippen molar-refractivity contribution in [1.29, 1.82) is 0 Å². The minimum atomic E-state index is -3.90. The number of rotatable bonds is 6. The Balaban J connectivity index is 1.51. The zero-order valence-electron chi connectivity index (χ0n) is 15.9. The van der Waals surface area contributed by atoms with Gasteiger partial charge in [0.2, 0.25) is 6.79 Å². The van der Waals surface area contributed by atoms with Crippen molar-refractivity contribution in [2.24, 2.45) is 0 Å². The highest BCUT2D eigenvalue weighted by atomic mass is 32.2. The van der Waals surface area contributed by atoms with Gasteiger partial charge in [-0.3, -0.25) is 9.52 Å². The fourth-order valence-corrected chi connectivity index (χ4v) is 4.36. The van der Waals surface area contributed by atoms with Gasteiger partial charge >= 0.3 is 0 Å². The molecule has 0 unspecified atom stereocenters. The zero-order chi connectivity index (χ0) is 21.1. The van der Waals surface area contributed by atoms with Crippen molar-refractivity contribution in [2.45, 2.75) is 9.79 Å². The second kappa shape index (κ2) is 8.29. The molecule has 4 rings (SSSR count). The molecular formula is C21H18N2O5S2. The van der Waals surface area contributed by atoms with E-state index in [2.05, 4.69) is 10.0 Å². The Hall–Kier alpha value is -3.17. The van der Waals surface area contributed by atoms with Gasteiger partial charge in [-0.15, -0.1) is 11.8 Å². The van der Waals surface area contributed by atoms with Crippen LogP contribution in [0.2, 0.25) is 0 Å². The number of hydrogen-bond donors (Lipinski definition) is 2. The lowest BCUT2D eigenvalue weighted by atomic mass is 10.2. The minimum absolute atomic E-state index is 0.0226. The Kier molecular flexibility index (Phi) is 5.56. The van der Waals surface area contributed by atoms with Crippen LogP contribution < -0.4 is 19.5 Å². The van der Waals surface area contributed by atoms with Gasteiger partial charge < -0.3 is 14.8 Å². The topological polar surface area (TPSA) is 93.7 Å². The Labute approximate surface area is 178 Å². The van der Waals surface area contributed by atoms with Crippen LogP contribution in [0, 0.1) is 0 Å². The van der Waals surface area contributed by atoms with E-state index in [-0.39, 0.29) is 17.3 Å². The number of nitrogens with one attached hydrogen (secondary N) is 2. The van der Waals surface area contributed by atoms with Crippen molar-refractivity contribution in [3.63, 3.8) is 0 Å². The highest BCUT2D eigenvalue weighted by Crippen LogP contribution is 2.34. The maximum atomic E-state index is 12.8. The largest absolute Gasteiger partial charge is 0.454 e. The number of thioether (sulfide) groups is 1. The van der Waals surface area contributed by atoms with E-state index in [4.69, 9.17) is 9.47 Å². The summed E-state index contributed by atoms with van der Waals surface area (Å²) in [6, 6.07) is 18.0. The summed E-state index contributed by atoms with van der Waals surface area (Å²) >= 11 is 1.60. The first kappa shape index (κ1) is 20.1. The Bertz CT molecular complexity index is 1190. The summed E-state index contributed by atoms with van der Waals surface area (Å²) in [4.78, 5) is 13.6. The highest BCUT2D eigenvalue weighted by molar-refractivity contribution is 7.98. The van der Waals surface area contributed by atoms with Crippen molar-refractivity contribution >= 4 is 39.1 Å². The fraction of sp³-hybridized carbons (Fsp3) is 0.0952. The molecule has 0 saturated carbocycles. The molecule has 0 spiro atoms. The monoisotopic (exact) mass is 442 g/mol. The molecular weight excluding hydrogens is 424 g/mol. The van der Waals surface area contributed by atoms with Crippen molar-refractivity contribution in [3.05, 3.63) is 72.3 Å². The molecule has 3 aromatic carbocycles. The number of carbonyl (C=O) groups is 1. The molecule has 0 radical (unpaired) electrons. The summed E-state index contributed by atoms with van der Waals surface area (Å²) in [5.41, 5.74) is 1.20. The molecule has 3 aromatic rings. The van der Waals surface area contributed by atoms with E-state index in [1.165, 1.54) is 18.2 Å². The van der Waals surface area contributed by atoms with E-state index in [9.17, 15) is 13.2 Å². The molecule has 0 aromatic heterocycles. The van der Waals surface area contributed by atoms with Crippen LogP contribution in [0.1, 0.15) is 10.4 Å². The molecule has 7 nitrogen and oxygen atoms in total. The third-order valence-corrected chi connectivity index (χ3v) is 6.50. The van der Waals surface area contributed by atoms with E-state index < -0.39 is 15.9 Å². The number of sulfonamides is 1. The molecule has 0 aliphatic carbocycles. The minimum Gasteiger partial charge on any atom is -0.454 e. The molecule has 154 valence electrons. The van der Waals surface area contributed by atoms with E-state index >= 15 is 0 Å². The molecule has 0 bridgehead atoms. The molecule has 1 amide bonds. The molecule has 1 aliphatic heterocycles. The molecule has 0 fully saturated rings. The first-order valence-corrected chi connectivity index (χ1v) is 11.6. The number of carbonyl (C=O) groups excluding carboxylic acids is 1. The van der Waals surface area contributed by atoms with Crippen molar-refractivity contribution in [1.82, 2.24) is 0 Å². The number of anilines is 2. The molecule has 1 aliphatic rings. The number of fused-ring (bicyclic) bond motifs is 1. The predicted molar refractivity (Wildman–Crippen MR) is 116 cm³/mol. The van der Waals surface area contributed by atoms with Crippen LogP contribution in [0.5, 0.6) is 11.5 Å². The SMILES string of the molecule is CSc1ccc(NC(=O)c2cccc(S(=O)(=O)Nc3ccc4c(c3)OCO4)c2)cc1. The summed E-state index contributed by atoms with van der Waals surface area (Å²) in [5, 5.41) is 2.77. The predicted octanol–water partition coefficient (Wildman–Crippen LogP) is 4.19. The van der Waals surface area contributed by atoms with Crippen molar-refractivity contribution < 1.29 is 22.7 Å². The van der Waals surface area contributed by atoms with Gasteiger partial charge in [0.05, 0.1) is 10.6 Å². The van der Waals surface area contributed by atoms with E-state index in [1.54, 1.807) is 48.2 Å². The maximum absolute atomic E-state index is 12.8. The van der Waals surface area contributed by atoms with Gasteiger partial charge in [-0.25, -0.2) is 8.42 Å². The van der Waals surface area contributed by atoms with E-state index in [1.807, 2.05) is 18.4 Å². The highest BCUT2D eigenvalue weighted by Gasteiger charge is 2.19. The summed E-state index contributed by atoms with van der Waals surface area (Å²) < 4.78 is 38.6. The average Bonchev–Trinajstić information content (AvgIpc) is 3.22. The van der Waals surface area contributed by atoms with Crippen LogP contribution in [0.4, 0.5) is 11.4 Å². The standard InChI is InChI=1S/C21H18N2O5S2/c1-29-17-8-5-15(6-9-17)22-21(24)14-3-2-4-18(11-14)30(25,26)23-16-7-10-19-20(12-16)28-13-27-19/h2-12,23H,13H2,1H3,(H,22,24). The van der Waals surface area contributed by atoms with Crippen molar-refractivity contribution in [2.75, 3.05) is 23.1 Å². The maximum Gasteiger partial charge on any atom is 0.261 e. The van der Waals surface area contributed by atoms with Gasteiger partial charge in [-0.05, 0) is 60.9 Å². The van der Waals surface area contributed by atoms with Crippen LogP contribution in [-0.2, 0) is 10.0 Å². The third kappa shape index (κ3) is 4.37. The second-order valence-corrected chi connectivity index (χ2v) is 8.95. The average molecular weight is 443 g/mol. The Morgan fingerprint density at radius 3 is 2.43 bits per heavy atom. The lowest BCUT2D eigenvalue weighted by Gasteiger charge is -2.10. The van der Waals surface area contributed by atoms with E-state index in [0.29, 0.717) is 22.9 Å². The van der Waals surface area contributed by atoms with Gasteiger partial charge in [0, 0.05) is 22.2 Å². The van der Waals surface area contributed by atoms with Crippen LogP contribution in [0.25, 0.3) is 0 Å². The quantitative estimate of drug-likeness (QED) is 0.556. The Morgan fingerprint density at radius 2 is 1.67 bits per heavy atom. The number of ether oxygens (including phenoxy) is 2. The van der Waals surface area contributed by atoms with Gasteiger partial charge in [-0.1, -0.05) is 6.07 Å². The fourth-order valence-electron chi connectivity index (χ4n) is 2.86. The normalized spacial score (nSPS) is 12.4. The number of amides is 1. The van der Waals surface area contributed by atoms with Gasteiger partial charge in [-0.2, -0.15) is 0 Å². The molecule has 1 heterocycles. The van der Waals surface area contributed by atoms with Gasteiger partial charge in [0.15, 0.2) is 11.5 Å². The first-order valence-electron chi connectivity index (χ1n) is 8.92. The third-order valence-electron chi connectivity index (χ3n) is 4.38. The smallest absolute Gasteiger partial charge is 0.261 e.